The molecule has 2 radical (unpaired) electrons. The van der Waals surface area contributed by atoms with Gasteiger partial charge >= 0.3 is 14.0 Å². The van der Waals surface area contributed by atoms with Crippen LogP contribution in [0.5, 0.6) is 0 Å². The van der Waals surface area contributed by atoms with Gasteiger partial charge in [0.25, 0.3) is 0 Å². The van der Waals surface area contributed by atoms with Gasteiger partial charge in [0.05, 0.1) is 11.3 Å². The first kappa shape index (κ1) is 22.2. The van der Waals surface area contributed by atoms with Gasteiger partial charge in [-0.15, -0.1) is 16.9 Å². The molecule has 0 saturated carbocycles. The average molecular weight is 347 g/mol. The van der Waals surface area contributed by atoms with E-state index in [0.717, 1.165) is 16.4 Å². The molecule has 0 N–H and O–H groups in total. The summed E-state index contributed by atoms with van der Waals surface area (Å²) in [7, 11) is 4.90. The highest BCUT2D eigenvalue weighted by Crippen LogP contribution is 2.20. The van der Waals surface area contributed by atoms with Crippen molar-refractivity contribution in [1.82, 2.24) is 15.0 Å². The second kappa shape index (κ2) is 12.6. The third-order valence-corrected chi connectivity index (χ3v) is 3.75. The lowest BCUT2D eigenvalue weighted by Gasteiger charge is -2.01. The molecule has 0 bridgehead atoms. The number of allylic oxidation sites excluding steroid dienone is 4. The molecule has 0 saturated heterocycles. The largest absolute Gasteiger partial charge is 0.540 e. The summed E-state index contributed by atoms with van der Waals surface area (Å²) in [5.41, 5.74) is 1.32. The van der Waals surface area contributed by atoms with Crippen molar-refractivity contribution < 1.29 is 9.45 Å². The smallest absolute Gasteiger partial charge is 0.378 e. The molecule has 0 aliphatic heterocycles. The molecular weight excluding hydrogens is 321 g/mol. The number of aromatic nitrogens is 3. The Morgan fingerprint density at radius 2 is 2.08 bits per heavy atom. The summed E-state index contributed by atoms with van der Waals surface area (Å²) in [5, 5.41) is 8.19. The average Bonchev–Trinajstić information content (AvgIpc) is 3.07. The zero-order valence-electron chi connectivity index (χ0n) is 15.3. The van der Waals surface area contributed by atoms with Crippen molar-refractivity contribution in [3.8, 4) is 0 Å². The van der Waals surface area contributed by atoms with Crippen molar-refractivity contribution in [1.29, 1.82) is 0 Å². The van der Waals surface area contributed by atoms with Gasteiger partial charge < -0.3 is 4.65 Å². The van der Waals surface area contributed by atoms with Gasteiger partial charge in [-0.3, -0.25) is 0 Å². The van der Waals surface area contributed by atoms with Crippen molar-refractivity contribution in [3.05, 3.63) is 46.7 Å². The summed E-state index contributed by atoms with van der Waals surface area (Å²) in [6, 6.07) is 0.302. The number of carbonyl (C=O) groups excluding carboxylic acids is 1. The highest BCUT2D eigenvalue weighted by Gasteiger charge is 2.05. The van der Waals surface area contributed by atoms with E-state index in [4.69, 9.17) is 8.05 Å². The monoisotopic (exact) mass is 347 g/mol. The van der Waals surface area contributed by atoms with Gasteiger partial charge in [-0.25, -0.2) is 9.48 Å². The van der Waals surface area contributed by atoms with E-state index >= 15 is 0 Å². The van der Waals surface area contributed by atoms with Crippen LogP contribution in [0, 0.1) is 0 Å². The Balaban J connectivity index is 0.00000254. The summed E-state index contributed by atoms with van der Waals surface area (Å²) in [5.74, 6) is 0.162. The molecule has 0 spiro atoms. The number of nitrogens with zero attached hydrogens (tertiary/aromatic N) is 3. The number of rotatable bonds is 7. The van der Waals surface area contributed by atoms with Gasteiger partial charge in [0.1, 0.15) is 0 Å². The SMILES string of the molecule is CC.[B]OC(=O)C(/C=C\C)=C/C=C(\C)SCc1cn(C(C)C)nn1. The molecule has 0 aromatic carbocycles. The number of hydrogen-bond donors (Lipinski definition) is 0. The Hall–Kier alpha value is -1.76. The number of carbonyl (C=O) groups is 1. The molecule has 130 valence electrons. The number of hydrogen-bond acceptors (Lipinski definition) is 5. The molecule has 24 heavy (non-hydrogen) atoms. The minimum absolute atomic E-state index is 0.302. The predicted octanol–water partition coefficient (Wildman–Crippen LogP) is 4.15. The van der Waals surface area contributed by atoms with Gasteiger partial charge in [0, 0.05) is 18.0 Å². The lowest BCUT2D eigenvalue weighted by molar-refractivity contribution is -0.129. The normalized spacial score (nSPS) is 12.3. The van der Waals surface area contributed by atoms with Gasteiger partial charge in [0.2, 0.25) is 0 Å². The molecule has 1 aromatic rings. The Labute approximate surface area is 150 Å². The minimum Gasteiger partial charge on any atom is -0.540 e. The van der Waals surface area contributed by atoms with Crippen LogP contribution < -0.4 is 0 Å². The Kier molecular flexibility index (Phi) is 11.7. The minimum atomic E-state index is -0.563. The van der Waals surface area contributed by atoms with Crippen LogP contribution in [0.25, 0.3) is 0 Å². The van der Waals surface area contributed by atoms with Crippen LogP contribution in [0.1, 0.15) is 53.3 Å². The van der Waals surface area contributed by atoms with Gasteiger partial charge in [-0.1, -0.05) is 37.3 Å². The van der Waals surface area contributed by atoms with Crippen LogP contribution in [-0.4, -0.2) is 29.0 Å². The lowest BCUT2D eigenvalue weighted by atomic mass is 10.2. The molecule has 1 aromatic heterocycles. The van der Waals surface area contributed by atoms with Crippen LogP contribution in [0.2, 0.25) is 0 Å². The van der Waals surface area contributed by atoms with Crippen molar-refractivity contribution >= 4 is 25.8 Å². The van der Waals surface area contributed by atoms with Gasteiger partial charge in [-0.05, 0) is 38.7 Å². The first-order chi connectivity index (χ1) is 11.5. The van der Waals surface area contributed by atoms with E-state index < -0.39 is 5.97 Å². The summed E-state index contributed by atoms with van der Waals surface area (Å²) in [4.78, 5) is 12.5. The molecule has 0 amide bonds. The molecule has 0 aliphatic carbocycles. The van der Waals surface area contributed by atoms with Crippen molar-refractivity contribution in [3.63, 3.8) is 0 Å². The molecule has 0 aliphatic rings. The van der Waals surface area contributed by atoms with E-state index in [-0.39, 0.29) is 0 Å². The van der Waals surface area contributed by atoms with Gasteiger partial charge in [0.15, 0.2) is 0 Å². The van der Waals surface area contributed by atoms with Crippen molar-refractivity contribution in [2.24, 2.45) is 0 Å². The van der Waals surface area contributed by atoms with Crippen LogP contribution >= 0.6 is 11.8 Å². The predicted molar refractivity (Wildman–Crippen MR) is 102 cm³/mol. The zero-order valence-corrected chi connectivity index (χ0v) is 16.1. The standard InChI is InChI=1S/C15H20BN3O2S.C2H6/c1-5-6-13(15(20)21-16)8-7-12(4)22-10-14-9-19(11(2)3)18-17-14;1-2/h5-9,11H,10H2,1-4H3;1-2H3/b6-5-,12-7+,13-8+;. The molecule has 0 fully saturated rings. The van der Waals surface area contributed by atoms with Crippen molar-refractivity contribution in [2.75, 3.05) is 0 Å². The quantitative estimate of drug-likeness (QED) is 0.421. The molecule has 0 atom stereocenters. The fourth-order valence-corrected chi connectivity index (χ4v) is 2.19. The topological polar surface area (TPSA) is 57.0 Å². The highest BCUT2D eigenvalue weighted by atomic mass is 32.2. The molecule has 7 heteroatoms. The van der Waals surface area contributed by atoms with Crippen LogP contribution in [0.3, 0.4) is 0 Å². The maximum atomic E-state index is 11.4. The molecule has 0 unspecified atom stereocenters. The fraction of sp³-hybridized carbons (Fsp3) is 0.471. The van der Waals surface area contributed by atoms with E-state index in [0.29, 0.717) is 11.6 Å². The second-order valence-corrected chi connectivity index (χ2v) is 6.10. The molecule has 1 heterocycles. The summed E-state index contributed by atoms with van der Waals surface area (Å²) < 4.78 is 6.07. The first-order valence-electron chi connectivity index (χ1n) is 7.93. The van der Waals surface area contributed by atoms with Crippen molar-refractivity contribution in [2.45, 2.75) is 53.3 Å². The van der Waals surface area contributed by atoms with E-state index in [1.54, 1.807) is 30.0 Å². The lowest BCUT2D eigenvalue weighted by Crippen LogP contribution is -2.03. The Morgan fingerprint density at radius 1 is 1.42 bits per heavy atom. The third kappa shape index (κ3) is 8.20. The third-order valence-electron chi connectivity index (χ3n) is 2.72. The highest BCUT2D eigenvalue weighted by molar-refractivity contribution is 8.02. The van der Waals surface area contributed by atoms with Gasteiger partial charge in [-0.2, -0.15) is 0 Å². The Morgan fingerprint density at radius 3 is 2.58 bits per heavy atom. The van der Waals surface area contributed by atoms with E-state index in [1.807, 2.05) is 44.6 Å². The summed E-state index contributed by atoms with van der Waals surface area (Å²) in [6.07, 6.45) is 8.88. The second-order valence-electron chi connectivity index (χ2n) is 4.88. The zero-order chi connectivity index (χ0) is 18.5. The van der Waals surface area contributed by atoms with Crippen LogP contribution in [0.4, 0.5) is 0 Å². The maximum absolute atomic E-state index is 11.4. The maximum Gasteiger partial charge on any atom is 0.378 e. The van der Waals surface area contributed by atoms with Crippen LogP contribution in [0.15, 0.2) is 41.0 Å². The van der Waals surface area contributed by atoms with E-state index in [9.17, 15) is 4.79 Å². The molecule has 1 rings (SSSR count). The summed E-state index contributed by atoms with van der Waals surface area (Å²) in [6.45, 7) is 11.9. The first-order valence-corrected chi connectivity index (χ1v) is 8.92. The Bertz CT molecular complexity index is 592. The number of thioether (sulfide) groups is 1. The van der Waals surface area contributed by atoms with E-state index in [2.05, 4.69) is 28.8 Å². The molecule has 5 nitrogen and oxygen atoms in total. The fourth-order valence-electron chi connectivity index (χ4n) is 1.51. The van der Waals surface area contributed by atoms with E-state index in [1.165, 1.54) is 0 Å². The van der Waals surface area contributed by atoms with Crippen LogP contribution in [-0.2, 0) is 15.2 Å². The summed E-state index contributed by atoms with van der Waals surface area (Å²) >= 11 is 1.63. The molecular formula is C17H26BN3O2S.